The maximum atomic E-state index is 13.4. The average Bonchev–Trinajstić information content (AvgIpc) is 3.49. The summed E-state index contributed by atoms with van der Waals surface area (Å²) in [6.07, 6.45) is 3.97. The molecule has 0 radical (unpaired) electrons. The molecular weight excluding hydrogens is 562 g/mol. The summed E-state index contributed by atoms with van der Waals surface area (Å²) in [5, 5.41) is 0. The van der Waals surface area contributed by atoms with E-state index >= 15 is 0 Å². The number of nitrogen functional groups attached to an aromatic ring is 1. The van der Waals surface area contributed by atoms with Gasteiger partial charge in [0, 0.05) is 55.5 Å². The van der Waals surface area contributed by atoms with Gasteiger partial charge in [-0.15, -0.1) is 0 Å². The first-order chi connectivity index (χ1) is 22.0. The predicted molar refractivity (Wildman–Crippen MR) is 173 cm³/mol. The lowest BCUT2D eigenvalue weighted by Crippen LogP contribution is -2.36. The Morgan fingerprint density at radius 1 is 0.867 bits per heavy atom. The molecule has 2 unspecified atom stereocenters. The highest BCUT2D eigenvalue weighted by atomic mass is 16.2. The van der Waals surface area contributed by atoms with Crippen molar-refractivity contribution in [3.05, 3.63) is 103 Å². The summed E-state index contributed by atoms with van der Waals surface area (Å²) in [5.74, 6) is 2.22. The molecule has 2 N–H and O–H groups in total. The summed E-state index contributed by atoms with van der Waals surface area (Å²) in [6.45, 7) is 6.41. The third-order valence-corrected chi connectivity index (χ3v) is 9.74. The summed E-state index contributed by atoms with van der Waals surface area (Å²) < 4.78 is 2.05. The van der Waals surface area contributed by atoms with E-state index in [0.29, 0.717) is 36.6 Å². The van der Waals surface area contributed by atoms with Crippen LogP contribution in [-0.4, -0.2) is 67.3 Å². The number of benzene rings is 2. The highest BCUT2D eigenvalue weighted by Gasteiger charge is 2.61. The van der Waals surface area contributed by atoms with Gasteiger partial charge in [0.05, 0.1) is 11.3 Å². The quantitative estimate of drug-likeness (QED) is 0.279. The Morgan fingerprint density at radius 3 is 2.38 bits per heavy atom. The van der Waals surface area contributed by atoms with Crippen LogP contribution in [0.3, 0.4) is 0 Å². The van der Waals surface area contributed by atoms with Crippen molar-refractivity contribution in [3.8, 4) is 28.3 Å². The molecule has 5 aromatic rings. The van der Waals surface area contributed by atoms with Crippen molar-refractivity contribution in [3.63, 3.8) is 0 Å². The number of fused-ring (bicyclic) bond motifs is 2. The molecule has 0 spiro atoms. The van der Waals surface area contributed by atoms with Gasteiger partial charge in [0.25, 0.3) is 0 Å². The van der Waals surface area contributed by atoms with Crippen molar-refractivity contribution in [1.82, 2.24) is 29.3 Å². The van der Waals surface area contributed by atoms with Gasteiger partial charge in [0.2, 0.25) is 11.8 Å². The van der Waals surface area contributed by atoms with Crippen LogP contribution in [0.2, 0.25) is 0 Å². The number of imidazole rings is 1. The summed E-state index contributed by atoms with van der Waals surface area (Å²) in [6, 6.07) is 26.4. The third-order valence-electron chi connectivity index (χ3n) is 9.74. The molecule has 2 amide bonds. The number of pyridine rings is 2. The lowest BCUT2D eigenvalue weighted by Gasteiger charge is -2.21. The highest BCUT2D eigenvalue weighted by Crippen LogP contribution is 2.53. The van der Waals surface area contributed by atoms with Crippen LogP contribution in [0.4, 0.5) is 5.82 Å². The Labute approximate surface area is 261 Å². The number of hydrogen-bond acceptors (Lipinski definition) is 6. The third kappa shape index (κ3) is 4.66. The first-order valence-electron chi connectivity index (χ1n) is 15.5. The Balaban J connectivity index is 1.06. The van der Waals surface area contributed by atoms with E-state index in [-0.39, 0.29) is 23.7 Å². The zero-order valence-electron chi connectivity index (χ0n) is 24.8. The van der Waals surface area contributed by atoms with Crippen molar-refractivity contribution < 1.29 is 9.59 Å². The molecule has 3 aromatic heterocycles. The molecule has 2 aliphatic heterocycles. The van der Waals surface area contributed by atoms with Crippen LogP contribution < -0.4 is 5.73 Å². The summed E-state index contributed by atoms with van der Waals surface area (Å²) in [7, 11) is 0. The molecule has 3 aliphatic rings. The number of anilines is 1. The fourth-order valence-corrected chi connectivity index (χ4v) is 7.30. The number of nitrogens with zero attached hydrogens (tertiary/aromatic N) is 6. The zero-order chi connectivity index (χ0) is 30.7. The number of carbonyl (C=O) groups excluding carboxylic acids is 2. The smallest absolute Gasteiger partial charge is 0.245 e. The SMILES string of the molecule is C=CC(=O)N1C[C@@H]2C(C(=O)N3CCC(c4ccc(-n5c(-c6cccnc6N)nc6ccc(-c7ccccc7)nc65)cc4)C3)[C@@H]2C1. The number of nitrogens with two attached hydrogens (primary N) is 1. The lowest BCUT2D eigenvalue weighted by atomic mass is 9.98. The molecule has 1 saturated carbocycles. The summed E-state index contributed by atoms with van der Waals surface area (Å²) >= 11 is 0. The predicted octanol–water partition coefficient (Wildman–Crippen LogP) is 4.94. The number of carbonyl (C=O) groups is 2. The molecule has 8 rings (SSSR count). The molecule has 9 heteroatoms. The van der Waals surface area contributed by atoms with Crippen molar-refractivity contribution >= 4 is 28.8 Å². The van der Waals surface area contributed by atoms with Gasteiger partial charge in [0.15, 0.2) is 11.5 Å². The van der Waals surface area contributed by atoms with Crippen LogP contribution in [0.1, 0.15) is 17.9 Å². The van der Waals surface area contributed by atoms with Crippen molar-refractivity contribution in [1.29, 1.82) is 0 Å². The molecule has 5 heterocycles. The topological polar surface area (TPSA) is 110 Å². The zero-order valence-corrected chi connectivity index (χ0v) is 24.8. The normalized spacial score (nSPS) is 22.0. The fraction of sp³-hybridized carbons (Fsp3) is 0.250. The number of piperidine rings is 1. The van der Waals surface area contributed by atoms with Gasteiger partial charge < -0.3 is 15.5 Å². The van der Waals surface area contributed by atoms with E-state index in [0.717, 1.165) is 53.2 Å². The van der Waals surface area contributed by atoms with E-state index in [2.05, 4.69) is 40.4 Å². The van der Waals surface area contributed by atoms with Gasteiger partial charge in [-0.1, -0.05) is 49.0 Å². The fourth-order valence-electron chi connectivity index (χ4n) is 7.30. The monoisotopic (exact) mass is 595 g/mol. The summed E-state index contributed by atoms with van der Waals surface area (Å²) in [5.41, 5.74) is 12.6. The van der Waals surface area contributed by atoms with Crippen LogP contribution in [0.25, 0.3) is 39.5 Å². The molecule has 2 aromatic carbocycles. The van der Waals surface area contributed by atoms with E-state index in [4.69, 9.17) is 15.7 Å². The van der Waals surface area contributed by atoms with Gasteiger partial charge >= 0.3 is 0 Å². The van der Waals surface area contributed by atoms with Gasteiger partial charge in [-0.05, 0) is 66.3 Å². The van der Waals surface area contributed by atoms with Crippen LogP contribution >= 0.6 is 0 Å². The minimum absolute atomic E-state index is 0.0368. The first kappa shape index (κ1) is 27.3. The van der Waals surface area contributed by atoms with E-state index in [1.54, 1.807) is 6.20 Å². The van der Waals surface area contributed by atoms with Crippen molar-refractivity contribution in [2.24, 2.45) is 17.8 Å². The van der Waals surface area contributed by atoms with Crippen LogP contribution in [0.15, 0.2) is 97.7 Å². The minimum Gasteiger partial charge on any atom is -0.383 e. The Hall–Kier alpha value is -5.31. The van der Waals surface area contributed by atoms with E-state index < -0.39 is 0 Å². The van der Waals surface area contributed by atoms with Gasteiger partial charge in [-0.3, -0.25) is 14.2 Å². The minimum atomic E-state index is -0.0368. The largest absolute Gasteiger partial charge is 0.383 e. The maximum Gasteiger partial charge on any atom is 0.245 e. The Bertz CT molecular complexity index is 1940. The lowest BCUT2D eigenvalue weighted by molar-refractivity contribution is -0.134. The molecular formula is C36H33N7O2. The molecule has 2 saturated heterocycles. The second-order valence-corrected chi connectivity index (χ2v) is 12.3. The Kier molecular flexibility index (Phi) is 6.48. The number of likely N-dealkylation sites (tertiary alicyclic amines) is 2. The molecule has 9 nitrogen and oxygen atoms in total. The van der Waals surface area contributed by atoms with Crippen LogP contribution in [0, 0.1) is 17.8 Å². The molecule has 224 valence electrons. The summed E-state index contributed by atoms with van der Waals surface area (Å²) in [4.78, 5) is 43.5. The van der Waals surface area contributed by atoms with Gasteiger partial charge in [-0.2, -0.15) is 0 Å². The molecule has 4 atom stereocenters. The van der Waals surface area contributed by atoms with E-state index in [1.165, 1.54) is 11.6 Å². The first-order valence-corrected chi connectivity index (χ1v) is 15.5. The Morgan fingerprint density at radius 2 is 1.64 bits per heavy atom. The van der Waals surface area contributed by atoms with Crippen LogP contribution in [-0.2, 0) is 9.59 Å². The molecule has 45 heavy (non-hydrogen) atoms. The van der Waals surface area contributed by atoms with E-state index in [9.17, 15) is 9.59 Å². The second kappa shape index (κ2) is 10.7. The maximum absolute atomic E-state index is 13.4. The van der Waals surface area contributed by atoms with Crippen molar-refractivity contribution in [2.75, 3.05) is 31.9 Å². The average molecular weight is 596 g/mol. The molecule has 1 aliphatic carbocycles. The number of hydrogen-bond donors (Lipinski definition) is 1. The van der Waals surface area contributed by atoms with Crippen molar-refractivity contribution in [2.45, 2.75) is 12.3 Å². The van der Waals surface area contributed by atoms with Crippen LogP contribution in [0.5, 0.6) is 0 Å². The van der Waals surface area contributed by atoms with Gasteiger partial charge in [-0.25, -0.2) is 15.0 Å². The highest BCUT2D eigenvalue weighted by molar-refractivity contribution is 5.89. The second-order valence-electron chi connectivity index (χ2n) is 12.3. The number of amides is 2. The molecule has 3 fully saturated rings. The van der Waals surface area contributed by atoms with E-state index in [1.807, 2.05) is 64.4 Å². The number of rotatable bonds is 6. The molecule has 0 bridgehead atoms. The standard InChI is InChI=1S/C36H33N7O2/c1-2-31(44)42-20-27-28(21-42)32(27)36(45)41-18-16-24(19-41)22-10-12-25(13-11-22)43-34(26-9-6-17-38-33(26)37)40-30-15-14-29(39-35(30)43)23-7-4-3-5-8-23/h2-15,17,24,27-28,32H,1,16,18-21H2,(H2,37,38)/t24?,27-,28+,32?. The number of aromatic nitrogens is 4. The van der Waals surface area contributed by atoms with Gasteiger partial charge in [0.1, 0.15) is 11.3 Å².